The average molecular weight is 288 g/mol. The molecule has 16 heavy (non-hydrogen) atoms. The molecule has 0 amide bonds. The quantitative estimate of drug-likeness (QED) is 0.488. The number of nitro benzene ring substituents is 1. The highest BCUT2D eigenvalue weighted by molar-refractivity contribution is 9.09. The number of nitrogens with zero attached hydrogens (tertiary/aromatic N) is 1. The molecule has 0 spiro atoms. The van der Waals surface area contributed by atoms with Crippen LogP contribution >= 0.6 is 15.9 Å². The molecule has 1 aliphatic rings. The van der Waals surface area contributed by atoms with Gasteiger partial charge < -0.3 is 9.84 Å². The van der Waals surface area contributed by atoms with E-state index in [0.29, 0.717) is 24.3 Å². The second-order valence-corrected chi connectivity index (χ2v) is 4.75. The van der Waals surface area contributed by atoms with Gasteiger partial charge in [-0.2, -0.15) is 0 Å². The van der Waals surface area contributed by atoms with Gasteiger partial charge in [0.25, 0.3) is 5.69 Å². The van der Waals surface area contributed by atoms with Crippen LogP contribution in [0.15, 0.2) is 18.2 Å². The van der Waals surface area contributed by atoms with E-state index in [4.69, 9.17) is 4.74 Å². The number of nitro groups is 1. The van der Waals surface area contributed by atoms with Crippen LogP contribution in [-0.4, -0.2) is 21.5 Å². The zero-order valence-electron chi connectivity index (χ0n) is 8.30. The van der Waals surface area contributed by atoms with Gasteiger partial charge in [-0.05, 0) is 12.5 Å². The number of benzene rings is 1. The van der Waals surface area contributed by atoms with Gasteiger partial charge in [-0.15, -0.1) is 0 Å². The number of halogens is 1. The van der Waals surface area contributed by atoms with Crippen LogP contribution < -0.4 is 4.74 Å². The van der Waals surface area contributed by atoms with Crippen molar-refractivity contribution in [2.45, 2.75) is 17.4 Å². The summed E-state index contributed by atoms with van der Waals surface area (Å²) in [5.41, 5.74) is 0.427. The van der Waals surface area contributed by atoms with Gasteiger partial charge in [0.1, 0.15) is 5.75 Å². The second kappa shape index (κ2) is 4.39. The predicted octanol–water partition coefficient (Wildman–Crippen LogP) is 2.17. The van der Waals surface area contributed by atoms with Gasteiger partial charge in [-0.25, -0.2) is 0 Å². The molecule has 0 radical (unpaired) electrons. The van der Waals surface area contributed by atoms with Crippen LogP contribution in [0.4, 0.5) is 5.69 Å². The second-order valence-electron chi connectivity index (χ2n) is 3.58. The Morgan fingerprint density at radius 2 is 2.31 bits per heavy atom. The molecular formula is C10H10BrNO4. The van der Waals surface area contributed by atoms with Crippen molar-refractivity contribution < 1.29 is 14.8 Å². The summed E-state index contributed by atoms with van der Waals surface area (Å²) < 4.78 is 5.41. The summed E-state index contributed by atoms with van der Waals surface area (Å²) in [7, 11) is 0. The van der Waals surface area contributed by atoms with E-state index < -0.39 is 11.0 Å². The van der Waals surface area contributed by atoms with E-state index in [2.05, 4.69) is 15.9 Å². The molecule has 0 saturated carbocycles. The van der Waals surface area contributed by atoms with Crippen LogP contribution in [0.2, 0.25) is 0 Å². The van der Waals surface area contributed by atoms with E-state index in [1.807, 2.05) is 0 Å². The van der Waals surface area contributed by atoms with Crippen LogP contribution in [0.5, 0.6) is 5.75 Å². The minimum absolute atomic E-state index is 0.0389. The molecule has 1 aromatic rings. The first-order chi connectivity index (χ1) is 7.59. The summed E-state index contributed by atoms with van der Waals surface area (Å²) in [5, 5.41) is 20.6. The van der Waals surface area contributed by atoms with E-state index in [9.17, 15) is 15.2 Å². The number of aliphatic hydroxyl groups is 1. The highest BCUT2D eigenvalue weighted by Gasteiger charge is 2.26. The normalized spacial score (nSPS) is 24.1. The van der Waals surface area contributed by atoms with Gasteiger partial charge >= 0.3 is 0 Å². The third-order valence-electron chi connectivity index (χ3n) is 2.52. The lowest BCUT2D eigenvalue weighted by atomic mass is 10.0. The molecule has 0 saturated heterocycles. The van der Waals surface area contributed by atoms with Crippen molar-refractivity contribution in [3.05, 3.63) is 33.9 Å². The maximum Gasteiger partial charge on any atom is 0.270 e. The summed E-state index contributed by atoms with van der Waals surface area (Å²) in [5.74, 6) is 0.514. The molecule has 0 bridgehead atoms. The van der Waals surface area contributed by atoms with E-state index in [-0.39, 0.29) is 10.5 Å². The van der Waals surface area contributed by atoms with Gasteiger partial charge in [-0.3, -0.25) is 10.1 Å². The van der Waals surface area contributed by atoms with Crippen molar-refractivity contribution in [2.24, 2.45) is 0 Å². The van der Waals surface area contributed by atoms with Gasteiger partial charge in [0.15, 0.2) is 0 Å². The van der Waals surface area contributed by atoms with Crippen molar-refractivity contribution in [3.8, 4) is 5.75 Å². The fourth-order valence-electron chi connectivity index (χ4n) is 1.65. The first-order valence-corrected chi connectivity index (χ1v) is 5.74. The zero-order valence-corrected chi connectivity index (χ0v) is 9.88. The number of non-ortho nitro benzene ring substituents is 1. The van der Waals surface area contributed by atoms with Crippen LogP contribution in [0.3, 0.4) is 0 Å². The lowest BCUT2D eigenvalue weighted by Crippen LogP contribution is -2.11. The van der Waals surface area contributed by atoms with Crippen LogP contribution in [0.25, 0.3) is 0 Å². The number of hydrogen-bond donors (Lipinski definition) is 1. The first-order valence-electron chi connectivity index (χ1n) is 4.83. The molecule has 1 N–H and O–H groups in total. The number of aliphatic hydroxyl groups excluding tert-OH is 1. The van der Waals surface area contributed by atoms with Crippen molar-refractivity contribution in [1.82, 2.24) is 0 Å². The number of ether oxygens (including phenoxy) is 1. The summed E-state index contributed by atoms with van der Waals surface area (Å²) in [6.45, 7) is 0.484. The highest BCUT2D eigenvalue weighted by Crippen LogP contribution is 2.36. The van der Waals surface area contributed by atoms with E-state index in [1.54, 1.807) is 0 Å². The molecular weight excluding hydrogens is 278 g/mol. The van der Waals surface area contributed by atoms with E-state index in [0.717, 1.165) is 0 Å². The first kappa shape index (κ1) is 11.3. The highest BCUT2D eigenvalue weighted by atomic mass is 79.9. The maximum absolute atomic E-state index is 10.6. The Hall–Kier alpha value is -1.14. The minimum Gasteiger partial charge on any atom is -0.493 e. The molecule has 1 aliphatic heterocycles. The van der Waals surface area contributed by atoms with Crippen molar-refractivity contribution in [3.63, 3.8) is 0 Å². The number of hydrogen-bond acceptors (Lipinski definition) is 4. The average Bonchev–Trinajstić information content (AvgIpc) is 2.40. The summed E-state index contributed by atoms with van der Waals surface area (Å²) >= 11 is 3.34. The topological polar surface area (TPSA) is 72.6 Å². The summed E-state index contributed by atoms with van der Waals surface area (Å²) in [4.78, 5) is 10.0. The van der Waals surface area contributed by atoms with E-state index >= 15 is 0 Å². The molecule has 6 heteroatoms. The molecule has 5 nitrogen and oxygen atoms in total. The van der Waals surface area contributed by atoms with Crippen molar-refractivity contribution in [1.29, 1.82) is 0 Å². The summed E-state index contributed by atoms with van der Waals surface area (Å²) in [6.07, 6.45) is -0.124. The Morgan fingerprint density at radius 1 is 1.56 bits per heavy atom. The third kappa shape index (κ3) is 2.03. The fraction of sp³-hybridized carbons (Fsp3) is 0.400. The largest absolute Gasteiger partial charge is 0.493 e. The van der Waals surface area contributed by atoms with Crippen LogP contribution in [-0.2, 0) is 0 Å². The fourth-order valence-corrected chi connectivity index (χ4v) is 2.12. The number of rotatable bonds is 1. The monoisotopic (exact) mass is 287 g/mol. The molecule has 1 aromatic carbocycles. The Labute approximate surface area is 100 Å². The molecule has 0 aliphatic carbocycles. The lowest BCUT2D eigenvalue weighted by molar-refractivity contribution is -0.385. The van der Waals surface area contributed by atoms with Gasteiger partial charge in [0, 0.05) is 22.5 Å². The Balaban J connectivity index is 2.46. The Bertz CT molecular complexity index is 423. The molecule has 2 atom stereocenters. The van der Waals surface area contributed by atoms with Crippen LogP contribution in [0.1, 0.15) is 18.1 Å². The number of fused-ring (bicyclic) bond motifs is 1. The smallest absolute Gasteiger partial charge is 0.270 e. The zero-order chi connectivity index (χ0) is 11.7. The SMILES string of the molecule is O=[N+]([O-])c1ccc2c(c1)C(O)C(Br)CCO2. The van der Waals surface area contributed by atoms with Crippen LogP contribution in [0, 0.1) is 10.1 Å². The summed E-state index contributed by atoms with van der Waals surface area (Å²) in [6, 6.07) is 4.27. The lowest BCUT2D eigenvalue weighted by Gasteiger charge is -2.14. The third-order valence-corrected chi connectivity index (χ3v) is 3.48. The van der Waals surface area contributed by atoms with Gasteiger partial charge in [0.05, 0.1) is 17.6 Å². The van der Waals surface area contributed by atoms with Gasteiger partial charge in [-0.1, -0.05) is 15.9 Å². The predicted molar refractivity (Wildman–Crippen MR) is 60.9 cm³/mol. The van der Waals surface area contributed by atoms with Gasteiger partial charge in [0.2, 0.25) is 0 Å². The Morgan fingerprint density at radius 3 is 3.00 bits per heavy atom. The molecule has 1 heterocycles. The molecule has 0 aromatic heterocycles. The van der Waals surface area contributed by atoms with Crippen molar-refractivity contribution >= 4 is 21.6 Å². The van der Waals surface area contributed by atoms with E-state index in [1.165, 1.54) is 18.2 Å². The molecule has 2 unspecified atom stereocenters. The molecule has 2 rings (SSSR count). The Kier molecular flexibility index (Phi) is 3.11. The molecule has 0 fully saturated rings. The maximum atomic E-state index is 10.6. The standard InChI is InChI=1S/C10H10BrNO4/c11-8-3-4-16-9-2-1-6(12(14)15)5-7(9)10(8)13/h1-2,5,8,10,13H,3-4H2. The number of alkyl halides is 1. The minimum atomic E-state index is -0.780. The van der Waals surface area contributed by atoms with Crippen molar-refractivity contribution in [2.75, 3.05) is 6.61 Å². The molecule has 86 valence electrons.